The van der Waals surface area contributed by atoms with Crippen LogP contribution >= 0.6 is 0 Å². The Balaban J connectivity index is 1.75. The number of aryl methyl sites for hydroxylation is 1. The van der Waals surface area contributed by atoms with E-state index in [4.69, 9.17) is 9.47 Å². The SMILES string of the molecule is COC(=O)CCc1cccc(OCC2CCN(C(=O)OC(C)(C)C)CC2)c1. The van der Waals surface area contributed by atoms with Crippen LogP contribution < -0.4 is 4.74 Å². The van der Waals surface area contributed by atoms with Crippen LogP contribution in [-0.4, -0.2) is 49.4 Å². The zero-order chi connectivity index (χ0) is 19.9. The predicted molar refractivity (Wildman–Crippen MR) is 103 cm³/mol. The van der Waals surface area contributed by atoms with E-state index in [9.17, 15) is 9.59 Å². The summed E-state index contributed by atoms with van der Waals surface area (Å²) in [4.78, 5) is 25.1. The van der Waals surface area contributed by atoms with E-state index in [0.717, 1.165) is 24.2 Å². The van der Waals surface area contributed by atoms with Crippen molar-refractivity contribution in [1.82, 2.24) is 4.90 Å². The van der Waals surface area contributed by atoms with Gasteiger partial charge in [0.2, 0.25) is 0 Å². The first-order valence-corrected chi connectivity index (χ1v) is 9.53. The lowest BCUT2D eigenvalue weighted by atomic mass is 9.98. The maximum Gasteiger partial charge on any atom is 0.410 e. The number of esters is 1. The fourth-order valence-electron chi connectivity index (χ4n) is 2.96. The molecule has 6 heteroatoms. The van der Waals surface area contributed by atoms with E-state index in [2.05, 4.69) is 4.74 Å². The first kappa shape index (κ1) is 21.1. The number of likely N-dealkylation sites (tertiary alicyclic amines) is 1. The van der Waals surface area contributed by atoms with Crippen molar-refractivity contribution in [2.75, 3.05) is 26.8 Å². The average molecular weight is 377 g/mol. The third-order valence-corrected chi connectivity index (χ3v) is 4.50. The Morgan fingerprint density at radius 1 is 1.19 bits per heavy atom. The molecule has 0 unspecified atom stereocenters. The van der Waals surface area contributed by atoms with Gasteiger partial charge < -0.3 is 19.1 Å². The van der Waals surface area contributed by atoms with Crippen LogP contribution in [0.4, 0.5) is 4.79 Å². The molecule has 0 saturated carbocycles. The smallest absolute Gasteiger partial charge is 0.410 e. The van der Waals surface area contributed by atoms with Gasteiger partial charge in [0.15, 0.2) is 0 Å². The maximum absolute atomic E-state index is 12.1. The third-order valence-electron chi connectivity index (χ3n) is 4.50. The Kier molecular flexibility index (Phi) is 7.51. The molecule has 1 fully saturated rings. The number of amides is 1. The van der Waals surface area contributed by atoms with E-state index >= 15 is 0 Å². The van der Waals surface area contributed by atoms with Gasteiger partial charge in [-0.3, -0.25) is 4.79 Å². The van der Waals surface area contributed by atoms with Crippen molar-refractivity contribution in [1.29, 1.82) is 0 Å². The Labute approximate surface area is 161 Å². The molecule has 0 aromatic heterocycles. The summed E-state index contributed by atoms with van der Waals surface area (Å²) in [6, 6.07) is 7.82. The Morgan fingerprint density at radius 2 is 1.89 bits per heavy atom. The van der Waals surface area contributed by atoms with Gasteiger partial charge in [0.25, 0.3) is 0 Å². The summed E-state index contributed by atoms with van der Waals surface area (Å²) in [5, 5.41) is 0. The number of carbonyl (C=O) groups excluding carboxylic acids is 2. The van der Waals surface area contributed by atoms with E-state index in [1.165, 1.54) is 7.11 Å². The number of hydrogen-bond acceptors (Lipinski definition) is 5. The number of benzene rings is 1. The van der Waals surface area contributed by atoms with Crippen molar-refractivity contribution in [3.63, 3.8) is 0 Å². The van der Waals surface area contributed by atoms with Gasteiger partial charge >= 0.3 is 12.1 Å². The minimum atomic E-state index is -0.462. The van der Waals surface area contributed by atoms with Gasteiger partial charge in [-0.1, -0.05) is 12.1 Å². The number of carbonyl (C=O) groups is 2. The molecular formula is C21H31NO5. The maximum atomic E-state index is 12.1. The molecule has 1 aromatic rings. The summed E-state index contributed by atoms with van der Waals surface area (Å²) in [6.45, 7) is 7.66. The molecule has 6 nitrogen and oxygen atoms in total. The summed E-state index contributed by atoms with van der Waals surface area (Å²) in [6.07, 6.45) is 2.57. The highest BCUT2D eigenvalue weighted by molar-refractivity contribution is 5.69. The van der Waals surface area contributed by atoms with Crippen molar-refractivity contribution in [2.24, 2.45) is 5.92 Å². The Bertz CT molecular complexity index is 630. The molecule has 150 valence electrons. The van der Waals surface area contributed by atoms with Gasteiger partial charge in [-0.2, -0.15) is 0 Å². The fraction of sp³-hybridized carbons (Fsp3) is 0.619. The molecule has 1 amide bonds. The van der Waals surface area contributed by atoms with Crippen molar-refractivity contribution in [3.8, 4) is 5.75 Å². The lowest BCUT2D eigenvalue weighted by molar-refractivity contribution is -0.140. The minimum Gasteiger partial charge on any atom is -0.493 e. The zero-order valence-electron chi connectivity index (χ0n) is 16.8. The summed E-state index contributed by atoms with van der Waals surface area (Å²) < 4.78 is 16.0. The van der Waals surface area contributed by atoms with Gasteiger partial charge in [0.05, 0.1) is 13.7 Å². The van der Waals surface area contributed by atoms with E-state index in [-0.39, 0.29) is 12.1 Å². The zero-order valence-corrected chi connectivity index (χ0v) is 16.8. The quantitative estimate of drug-likeness (QED) is 0.705. The van der Waals surface area contributed by atoms with Crippen molar-refractivity contribution in [2.45, 2.75) is 52.1 Å². The molecule has 2 rings (SSSR count). The number of ether oxygens (including phenoxy) is 3. The molecule has 0 spiro atoms. The molecule has 1 heterocycles. The minimum absolute atomic E-state index is 0.210. The van der Waals surface area contributed by atoms with Gasteiger partial charge in [-0.05, 0) is 63.6 Å². The highest BCUT2D eigenvalue weighted by Crippen LogP contribution is 2.22. The van der Waals surface area contributed by atoms with Crippen molar-refractivity contribution >= 4 is 12.1 Å². The summed E-state index contributed by atoms with van der Waals surface area (Å²) in [7, 11) is 1.40. The lowest BCUT2D eigenvalue weighted by Crippen LogP contribution is -2.42. The predicted octanol–water partition coefficient (Wildman–Crippen LogP) is 3.82. The highest BCUT2D eigenvalue weighted by atomic mass is 16.6. The Hall–Kier alpha value is -2.24. The van der Waals surface area contributed by atoms with E-state index in [0.29, 0.717) is 38.5 Å². The monoisotopic (exact) mass is 377 g/mol. The number of rotatable bonds is 6. The van der Waals surface area contributed by atoms with E-state index in [1.54, 1.807) is 4.90 Å². The molecule has 0 N–H and O–H groups in total. The van der Waals surface area contributed by atoms with Crippen molar-refractivity contribution in [3.05, 3.63) is 29.8 Å². The number of hydrogen-bond donors (Lipinski definition) is 0. The topological polar surface area (TPSA) is 65.1 Å². The molecule has 0 bridgehead atoms. The Morgan fingerprint density at radius 3 is 2.52 bits per heavy atom. The highest BCUT2D eigenvalue weighted by Gasteiger charge is 2.27. The van der Waals surface area contributed by atoms with Crippen LogP contribution in [0.25, 0.3) is 0 Å². The summed E-state index contributed by atoms with van der Waals surface area (Å²) >= 11 is 0. The van der Waals surface area contributed by atoms with Crippen LogP contribution in [-0.2, 0) is 20.7 Å². The normalized spacial score (nSPS) is 15.3. The van der Waals surface area contributed by atoms with Gasteiger partial charge in [-0.25, -0.2) is 4.79 Å². The first-order valence-electron chi connectivity index (χ1n) is 9.53. The van der Waals surface area contributed by atoms with Crippen LogP contribution in [0.5, 0.6) is 5.75 Å². The van der Waals surface area contributed by atoms with Crippen LogP contribution in [0.15, 0.2) is 24.3 Å². The van der Waals surface area contributed by atoms with Crippen LogP contribution in [0.1, 0.15) is 45.6 Å². The molecule has 1 aliphatic heterocycles. The lowest BCUT2D eigenvalue weighted by Gasteiger charge is -2.33. The van der Waals surface area contributed by atoms with Crippen LogP contribution in [0.3, 0.4) is 0 Å². The molecule has 0 aliphatic carbocycles. The number of piperidine rings is 1. The fourth-order valence-corrected chi connectivity index (χ4v) is 2.96. The van der Waals surface area contributed by atoms with Crippen LogP contribution in [0, 0.1) is 5.92 Å². The standard InChI is InChI=1S/C21H31NO5/c1-21(2,3)27-20(24)22-12-10-17(11-13-22)15-26-18-7-5-6-16(14-18)8-9-19(23)25-4/h5-7,14,17H,8-13,15H2,1-4H3. The van der Waals surface area contributed by atoms with Crippen LogP contribution in [0.2, 0.25) is 0 Å². The molecular weight excluding hydrogens is 346 g/mol. The summed E-state index contributed by atoms with van der Waals surface area (Å²) in [5.74, 6) is 1.02. The number of nitrogens with zero attached hydrogens (tertiary/aromatic N) is 1. The molecule has 0 atom stereocenters. The second kappa shape index (κ2) is 9.62. The van der Waals surface area contributed by atoms with E-state index in [1.807, 2.05) is 45.0 Å². The largest absolute Gasteiger partial charge is 0.493 e. The van der Waals surface area contributed by atoms with E-state index < -0.39 is 5.60 Å². The van der Waals surface area contributed by atoms with Crippen molar-refractivity contribution < 1.29 is 23.8 Å². The average Bonchev–Trinajstić information content (AvgIpc) is 2.63. The number of methoxy groups -OCH3 is 1. The molecule has 0 radical (unpaired) electrons. The van der Waals surface area contributed by atoms with Gasteiger partial charge in [-0.15, -0.1) is 0 Å². The molecule has 1 aromatic carbocycles. The molecule has 1 aliphatic rings. The third kappa shape index (κ3) is 7.49. The van der Waals surface area contributed by atoms with Gasteiger partial charge in [0.1, 0.15) is 11.4 Å². The first-order chi connectivity index (χ1) is 12.8. The molecule has 27 heavy (non-hydrogen) atoms. The molecule has 1 saturated heterocycles. The summed E-state index contributed by atoms with van der Waals surface area (Å²) in [5.41, 5.74) is 0.591. The van der Waals surface area contributed by atoms with Gasteiger partial charge in [0, 0.05) is 19.5 Å². The second-order valence-electron chi connectivity index (χ2n) is 7.95. The second-order valence-corrected chi connectivity index (χ2v) is 7.95.